The number of rotatable bonds is 6. The van der Waals surface area contributed by atoms with Gasteiger partial charge in [-0.1, -0.05) is 13.8 Å². The Bertz CT molecular complexity index is 209. The van der Waals surface area contributed by atoms with Gasteiger partial charge in [0, 0.05) is 32.7 Å². The van der Waals surface area contributed by atoms with Crippen molar-refractivity contribution in [1.82, 2.24) is 15.1 Å². The third kappa shape index (κ3) is 5.82. The molecule has 102 valence electrons. The van der Waals surface area contributed by atoms with E-state index >= 15 is 0 Å². The zero-order valence-corrected chi connectivity index (χ0v) is 11.7. The van der Waals surface area contributed by atoms with E-state index in [-0.39, 0.29) is 6.61 Å². The molecule has 2 N–H and O–H groups in total. The van der Waals surface area contributed by atoms with Gasteiger partial charge in [-0.05, 0) is 32.0 Å². The van der Waals surface area contributed by atoms with Crippen LogP contribution in [-0.4, -0.2) is 74.4 Å². The summed E-state index contributed by atoms with van der Waals surface area (Å²) < 4.78 is 0. The molecular weight excluding hydrogens is 214 g/mol. The largest absolute Gasteiger partial charge is 0.395 e. The lowest BCUT2D eigenvalue weighted by molar-refractivity contribution is 0.170. The van der Waals surface area contributed by atoms with Crippen molar-refractivity contribution < 1.29 is 5.11 Å². The predicted octanol–water partition coefficient (Wildman–Crippen LogP) is 0.232. The average Bonchev–Trinajstić information content (AvgIpc) is 2.44. The van der Waals surface area contributed by atoms with Crippen LogP contribution in [-0.2, 0) is 0 Å². The van der Waals surface area contributed by atoms with Gasteiger partial charge >= 0.3 is 0 Å². The van der Waals surface area contributed by atoms with Crippen LogP contribution in [0, 0.1) is 5.41 Å². The highest BCUT2D eigenvalue weighted by Crippen LogP contribution is 2.17. The number of nitrogens with zero attached hydrogens (tertiary/aromatic N) is 2. The van der Waals surface area contributed by atoms with Crippen molar-refractivity contribution in [2.45, 2.75) is 20.3 Å². The van der Waals surface area contributed by atoms with E-state index in [2.05, 4.69) is 29.0 Å². The summed E-state index contributed by atoms with van der Waals surface area (Å²) in [6, 6.07) is 0. The van der Waals surface area contributed by atoms with Crippen molar-refractivity contribution >= 4 is 0 Å². The molecule has 0 aliphatic carbocycles. The minimum absolute atomic E-state index is 0.283. The molecular formula is C13H29N3O. The lowest BCUT2D eigenvalue weighted by Crippen LogP contribution is -2.41. The molecule has 1 rings (SSSR count). The summed E-state index contributed by atoms with van der Waals surface area (Å²) in [5.74, 6) is 0. The van der Waals surface area contributed by atoms with Crippen molar-refractivity contribution in [3.63, 3.8) is 0 Å². The second kappa shape index (κ2) is 7.31. The van der Waals surface area contributed by atoms with Gasteiger partial charge in [0.15, 0.2) is 0 Å². The van der Waals surface area contributed by atoms with Crippen LogP contribution in [0.4, 0.5) is 0 Å². The third-order valence-corrected chi connectivity index (χ3v) is 3.40. The Morgan fingerprint density at radius 3 is 2.41 bits per heavy atom. The minimum Gasteiger partial charge on any atom is -0.395 e. The number of aliphatic hydroxyl groups is 1. The normalized spacial score (nSPS) is 20.5. The summed E-state index contributed by atoms with van der Waals surface area (Å²) in [5.41, 5.74) is 0.334. The molecule has 1 aliphatic heterocycles. The molecule has 1 fully saturated rings. The van der Waals surface area contributed by atoms with Gasteiger partial charge in [0.25, 0.3) is 0 Å². The standard InChI is InChI=1S/C13H29N3O/c1-13(2,11-14-3)12-16-6-4-5-15(7-8-16)9-10-17/h14,17H,4-12H2,1-3H3. The minimum atomic E-state index is 0.283. The van der Waals surface area contributed by atoms with Crippen molar-refractivity contribution in [3.8, 4) is 0 Å². The molecule has 0 aromatic rings. The Kier molecular flexibility index (Phi) is 6.41. The van der Waals surface area contributed by atoms with E-state index in [1.807, 2.05) is 7.05 Å². The number of aliphatic hydroxyl groups excluding tert-OH is 1. The Morgan fingerprint density at radius 2 is 1.76 bits per heavy atom. The fourth-order valence-electron chi connectivity index (χ4n) is 2.69. The first-order valence-electron chi connectivity index (χ1n) is 6.77. The van der Waals surface area contributed by atoms with E-state index in [4.69, 9.17) is 5.11 Å². The van der Waals surface area contributed by atoms with Crippen LogP contribution < -0.4 is 5.32 Å². The van der Waals surface area contributed by atoms with Crippen molar-refractivity contribution in [1.29, 1.82) is 0 Å². The molecule has 0 atom stereocenters. The molecule has 0 aromatic heterocycles. The monoisotopic (exact) mass is 243 g/mol. The molecule has 4 heteroatoms. The van der Waals surface area contributed by atoms with Crippen LogP contribution in [0.25, 0.3) is 0 Å². The molecule has 0 aromatic carbocycles. The summed E-state index contributed by atoms with van der Waals surface area (Å²) in [4.78, 5) is 4.93. The zero-order valence-electron chi connectivity index (χ0n) is 11.7. The Balaban J connectivity index is 2.35. The van der Waals surface area contributed by atoms with Crippen molar-refractivity contribution in [2.24, 2.45) is 5.41 Å². The molecule has 0 spiro atoms. The first-order chi connectivity index (χ1) is 8.07. The highest BCUT2D eigenvalue weighted by atomic mass is 16.3. The number of β-amino-alcohol motifs (C(OH)–C–C–N with tert-alkyl or cyclic N) is 1. The fourth-order valence-corrected chi connectivity index (χ4v) is 2.69. The van der Waals surface area contributed by atoms with E-state index in [1.165, 1.54) is 13.0 Å². The molecule has 17 heavy (non-hydrogen) atoms. The van der Waals surface area contributed by atoms with E-state index in [1.54, 1.807) is 0 Å². The second-order valence-electron chi connectivity index (χ2n) is 5.89. The maximum absolute atomic E-state index is 8.97. The first kappa shape index (κ1) is 14.9. The van der Waals surface area contributed by atoms with E-state index in [0.29, 0.717) is 5.41 Å². The highest BCUT2D eigenvalue weighted by Gasteiger charge is 2.22. The van der Waals surface area contributed by atoms with E-state index in [0.717, 1.165) is 39.3 Å². The molecule has 1 aliphatic rings. The lowest BCUT2D eigenvalue weighted by atomic mass is 9.92. The number of nitrogens with one attached hydrogen (secondary N) is 1. The summed E-state index contributed by atoms with van der Waals surface area (Å²) in [5, 5.41) is 12.2. The number of hydrogen-bond donors (Lipinski definition) is 2. The molecule has 0 bridgehead atoms. The Hall–Kier alpha value is -0.160. The van der Waals surface area contributed by atoms with Crippen LogP contribution in [0.2, 0.25) is 0 Å². The maximum atomic E-state index is 8.97. The third-order valence-electron chi connectivity index (χ3n) is 3.40. The Labute approximate surface area is 106 Å². The van der Waals surface area contributed by atoms with Crippen molar-refractivity contribution in [3.05, 3.63) is 0 Å². The zero-order chi connectivity index (χ0) is 12.7. The molecule has 0 amide bonds. The van der Waals surface area contributed by atoms with Crippen LogP contribution in [0.15, 0.2) is 0 Å². The molecule has 0 unspecified atom stereocenters. The van der Waals surface area contributed by atoms with Gasteiger partial charge in [0.05, 0.1) is 6.61 Å². The van der Waals surface area contributed by atoms with E-state index in [9.17, 15) is 0 Å². The summed E-state index contributed by atoms with van der Waals surface area (Å²) >= 11 is 0. The van der Waals surface area contributed by atoms with Crippen LogP contribution >= 0.6 is 0 Å². The van der Waals surface area contributed by atoms with Crippen LogP contribution in [0.5, 0.6) is 0 Å². The van der Waals surface area contributed by atoms with Gasteiger partial charge in [0.2, 0.25) is 0 Å². The van der Waals surface area contributed by atoms with E-state index < -0.39 is 0 Å². The second-order valence-corrected chi connectivity index (χ2v) is 5.89. The fraction of sp³-hybridized carbons (Fsp3) is 1.00. The molecule has 0 radical (unpaired) electrons. The van der Waals surface area contributed by atoms with Gasteiger partial charge in [0.1, 0.15) is 0 Å². The van der Waals surface area contributed by atoms with Gasteiger partial charge in [-0.3, -0.25) is 4.90 Å². The van der Waals surface area contributed by atoms with Gasteiger partial charge in [-0.2, -0.15) is 0 Å². The summed E-state index contributed by atoms with van der Waals surface area (Å²) in [6.45, 7) is 12.5. The van der Waals surface area contributed by atoms with Crippen molar-refractivity contribution in [2.75, 3.05) is 59.5 Å². The topological polar surface area (TPSA) is 38.7 Å². The quantitative estimate of drug-likeness (QED) is 0.701. The average molecular weight is 243 g/mol. The van der Waals surface area contributed by atoms with Gasteiger partial charge in [-0.25, -0.2) is 0 Å². The highest BCUT2D eigenvalue weighted by molar-refractivity contribution is 4.78. The molecule has 0 saturated carbocycles. The molecule has 1 saturated heterocycles. The smallest absolute Gasteiger partial charge is 0.0558 e. The van der Waals surface area contributed by atoms with Crippen LogP contribution in [0.3, 0.4) is 0 Å². The maximum Gasteiger partial charge on any atom is 0.0558 e. The van der Waals surface area contributed by atoms with Gasteiger partial charge < -0.3 is 15.3 Å². The Morgan fingerprint density at radius 1 is 1.12 bits per heavy atom. The number of hydrogen-bond acceptors (Lipinski definition) is 4. The SMILES string of the molecule is CNCC(C)(C)CN1CCCN(CCO)CC1. The first-order valence-corrected chi connectivity index (χ1v) is 6.77. The van der Waals surface area contributed by atoms with Gasteiger partial charge in [-0.15, -0.1) is 0 Å². The molecule has 4 nitrogen and oxygen atoms in total. The molecule has 1 heterocycles. The lowest BCUT2D eigenvalue weighted by Gasteiger charge is -2.32. The summed E-state index contributed by atoms with van der Waals surface area (Å²) in [6.07, 6.45) is 1.22. The summed E-state index contributed by atoms with van der Waals surface area (Å²) in [7, 11) is 2.02. The predicted molar refractivity (Wildman–Crippen MR) is 72.3 cm³/mol. The van der Waals surface area contributed by atoms with Crippen LogP contribution in [0.1, 0.15) is 20.3 Å².